The fourth-order valence-corrected chi connectivity index (χ4v) is 3.11. The zero-order chi connectivity index (χ0) is 14.4. The molecule has 0 N–H and O–H groups in total. The molecule has 3 nitrogen and oxygen atoms in total. The molecule has 1 aromatic carbocycles. The summed E-state index contributed by atoms with van der Waals surface area (Å²) in [7, 11) is 1.58. The maximum Gasteiger partial charge on any atom is 0.147 e. The molecular formula is C14H15Br2NO2. The average Bonchev–Trinajstić information content (AvgIpc) is 2.39. The van der Waals surface area contributed by atoms with E-state index in [9.17, 15) is 5.26 Å². The molecule has 19 heavy (non-hydrogen) atoms. The monoisotopic (exact) mass is 387 g/mol. The molecule has 1 rings (SSSR count). The number of rotatable bonds is 5. The van der Waals surface area contributed by atoms with Gasteiger partial charge < -0.3 is 9.47 Å². The number of halogens is 2. The van der Waals surface area contributed by atoms with Crippen LogP contribution in [0.1, 0.15) is 25.8 Å². The van der Waals surface area contributed by atoms with Crippen LogP contribution in [-0.2, 0) is 4.74 Å². The number of ether oxygens (including phenoxy) is 2. The molecule has 102 valence electrons. The van der Waals surface area contributed by atoms with Crippen LogP contribution in [0.15, 0.2) is 26.8 Å². The standard InChI is InChI=1S/C14H15Br2NO2/c1-4-13(18-3)10(8-17)9-6-11(15)14(19-5-2)12(16)7-9/h6-7H,4-5H2,1-3H3/b13-10-. The predicted octanol–water partition coefficient (Wildman–Crippen LogP) is 4.90. The van der Waals surface area contributed by atoms with Crippen LogP contribution in [0.5, 0.6) is 5.75 Å². The summed E-state index contributed by atoms with van der Waals surface area (Å²) in [5.41, 5.74) is 1.33. The van der Waals surface area contributed by atoms with Crippen molar-refractivity contribution in [2.45, 2.75) is 20.3 Å². The topological polar surface area (TPSA) is 42.2 Å². The first kappa shape index (κ1) is 16.1. The molecule has 0 atom stereocenters. The molecule has 0 amide bonds. The first-order chi connectivity index (χ1) is 9.08. The van der Waals surface area contributed by atoms with Gasteiger partial charge in [-0.15, -0.1) is 0 Å². The van der Waals surface area contributed by atoms with E-state index in [2.05, 4.69) is 37.9 Å². The summed E-state index contributed by atoms with van der Waals surface area (Å²) >= 11 is 6.92. The second-order valence-corrected chi connectivity index (χ2v) is 5.38. The molecule has 0 aromatic heterocycles. The Morgan fingerprint density at radius 1 is 1.26 bits per heavy atom. The van der Waals surface area contributed by atoms with Crippen molar-refractivity contribution < 1.29 is 9.47 Å². The molecule has 0 aliphatic carbocycles. The highest BCUT2D eigenvalue weighted by molar-refractivity contribution is 9.11. The first-order valence-corrected chi connectivity index (χ1v) is 7.47. The van der Waals surface area contributed by atoms with Gasteiger partial charge >= 0.3 is 0 Å². The quantitative estimate of drug-likeness (QED) is 0.532. The van der Waals surface area contributed by atoms with Crippen LogP contribution >= 0.6 is 31.9 Å². The largest absolute Gasteiger partial charge is 0.500 e. The highest BCUT2D eigenvalue weighted by Gasteiger charge is 2.14. The van der Waals surface area contributed by atoms with Gasteiger partial charge in [-0.25, -0.2) is 0 Å². The van der Waals surface area contributed by atoms with Crippen LogP contribution in [0.3, 0.4) is 0 Å². The number of hydrogen-bond donors (Lipinski definition) is 0. The van der Waals surface area contributed by atoms with Crippen LogP contribution < -0.4 is 4.74 Å². The second kappa shape index (κ2) is 7.56. The summed E-state index contributed by atoms with van der Waals surface area (Å²) in [5, 5.41) is 9.32. The van der Waals surface area contributed by atoms with Crippen molar-refractivity contribution in [1.82, 2.24) is 0 Å². The Hall–Kier alpha value is -0.990. The molecule has 0 aliphatic heterocycles. The number of benzene rings is 1. The van der Waals surface area contributed by atoms with E-state index in [1.807, 2.05) is 26.0 Å². The molecule has 0 saturated heterocycles. The lowest BCUT2D eigenvalue weighted by atomic mass is 10.0. The molecule has 0 fully saturated rings. The molecule has 0 aliphatic rings. The van der Waals surface area contributed by atoms with E-state index in [1.54, 1.807) is 7.11 Å². The summed E-state index contributed by atoms with van der Waals surface area (Å²) in [6.07, 6.45) is 0.668. The average molecular weight is 389 g/mol. The molecule has 0 heterocycles. The normalized spacial score (nSPS) is 11.6. The van der Waals surface area contributed by atoms with Gasteiger partial charge in [0, 0.05) is 6.42 Å². The number of nitrogens with zero attached hydrogens (tertiary/aromatic N) is 1. The Morgan fingerprint density at radius 3 is 2.21 bits per heavy atom. The summed E-state index contributed by atoms with van der Waals surface area (Å²) in [4.78, 5) is 0. The Bertz CT molecular complexity index is 504. The van der Waals surface area contributed by atoms with E-state index in [-0.39, 0.29) is 0 Å². The van der Waals surface area contributed by atoms with E-state index in [4.69, 9.17) is 9.47 Å². The van der Waals surface area contributed by atoms with Gasteiger partial charge in [0.05, 0.1) is 28.2 Å². The van der Waals surface area contributed by atoms with Gasteiger partial charge in [0.2, 0.25) is 0 Å². The Balaban J connectivity index is 3.37. The van der Waals surface area contributed by atoms with Crippen LogP contribution in [0.2, 0.25) is 0 Å². The van der Waals surface area contributed by atoms with Gasteiger partial charge in [0.15, 0.2) is 0 Å². The van der Waals surface area contributed by atoms with Crippen molar-refractivity contribution in [3.05, 3.63) is 32.4 Å². The second-order valence-electron chi connectivity index (χ2n) is 3.67. The molecule has 0 unspecified atom stereocenters. The maximum atomic E-state index is 9.32. The SMILES string of the molecule is CCOc1c(Br)cc(/C(C#N)=C(/CC)OC)cc1Br. The van der Waals surface area contributed by atoms with Crippen molar-refractivity contribution in [3.8, 4) is 11.8 Å². The molecule has 5 heteroatoms. The molecule has 0 spiro atoms. The van der Waals surface area contributed by atoms with E-state index >= 15 is 0 Å². The highest BCUT2D eigenvalue weighted by atomic mass is 79.9. The van der Waals surface area contributed by atoms with Crippen molar-refractivity contribution in [1.29, 1.82) is 5.26 Å². The van der Waals surface area contributed by atoms with Crippen LogP contribution in [0, 0.1) is 11.3 Å². The third-order valence-electron chi connectivity index (χ3n) is 2.53. The van der Waals surface area contributed by atoms with Gasteiger partial charge in [-0.1, -0.05) is 6.92 Å². The third-order valence-corrected chi connectivity index (χ3v) is 3.71. The van der Waals surface area contributed by atoms with Gasteiger partial charge in [-0.2, -0.15) is 5.26 Å². The van der Waals surface area contributed by atoms with Crippen molar-refractivity contribution in [2.75, 3.05) is 13.7 Å². The minimum absolute atomic E-state index is 0.537. The van der Waals surface area contributed by atoms with Crippen LogP contribution in [-0.4, -0.2) is 13.7 Å². The van der Waals surface area contributed by atoms with Crippen molar-refractivity contribution in [3.63, 3.8) is 0 Å². The van der Waals surface area contributed by atoms with E-state index in [1.165, 1.54) is 0 Å². The molecule has 0 bridgehead atoms. The zero-order valence-corrected chi connectivity index (χ0v) is 14.3. The van der Waals surface area contributed by atoms with E-state index in [0.29, 0.717) is 24.4 Å². The predicted molar refractivity (Wildman–Crippen MR) is 82.8 cm³/mol. The fourth-order valence-electron chi connectivity index (χ4n) is 1.70. The first-order valence-electron chi connectivity index (χ1n) is 5.88. The highest BCUT2D eigenvalue weighted by Crippen LogP contribution is 2.37. The number of allylic oxidation sites excluding steroid dienone is 2. The summed E-state index contributed by atoms with van der Waals surface area (Å²) < 4.78 is 12.4. The lowest BCUT2D eigenvalue weighted by molar-refractivity contribution is 0.283. The van der Waals surface area contributed by atoms with Gasteiger partial charge in [-0.3, -0.25) is 0 Å². The van der Waals surface area contributed by atoms with Crippen molar-refractivity contribution in [2.24, 2.45) is 0 Å². The number of hydrogen-bond acceptors (Lipinski definition) is 3. The van der Waals surface area contributed by atoms with Gasteiger partial charge in [0.25, 0.3) is 0 Å². The molecule has 0 saturated carbocycles. The van der Waals surface area contributed by atoms with Gasteiger partial charge in [-0.05, 0) is 56.5 Å². The van der Waals surface area contributed by atoms with Gasteiger partial charge in [0.1, 0.15) is 17.6 Å². The molecule has 0 radical (unpaired) electrons. The van der Waals surface area contributed by atoms with Crippen LogP contribution in [0.25, 0.3) is 5.57 Å². The fraction of sp³-hybridized carbons (Fsp3) is 0.357. The number of nitriles is 1. The van der Waals surface area contributed by atoms with Crippen LogP contribution in [0.4, 0.5) is 0 Å². The summed E-state index contributed by atoms with van der Waals surface area (Å²) in [6.45, 7) is 4.46. The minimum Gasteiger partial charge on any atom is -0.500 e. The Kier molecular flexibility index (Phi) is 6.40. The summed E-state index contributed by atoms with van der Waals surface area (Å²) in [5.74, 6) is 1.41. The Labute approximate surface area is 130 Å². The smallest absolute Gasteiger partial charge is 0.147 e. The zero-order valence-electron chi connectivity index (χ0n) is 11.1. The lowest BCUT2D eigenvalue weighted by Crippen LogP contribution is -1.97. The Morgan fingerprint density at radius 2 is 1.84 bits per heavy atom. The maximum absolute atomic E-state index is 9.32. The molecular weight excluding hydrogens is 374 g/mol. The van der Waals surface area contributed by atoms with Crippen molar-refractivity contribution >= 4 is 37.4 Å². The third kappa shape index (κ3) is 3.74. The number of methoxy groups -OCH3 is 1. The summed E-state index contributed by atoms with van der Waals surface area (Å²) in [6, 6.07) is 5.93. The minimum atomic E-state index is 0.537. The molecule has 1 aromatic rings. The van der Waals surface area contributed by atoms with E-state index in [0.717, 1.165) is 20.3 Å². The lowest BCUT2D eigenvalue weighted by Gasteiger charge is -2.12. The van der Waals surface area contributed by atoms with E-state index < -0.39 is 0 Å².